The maximum absolute atomic E-state index is 11.5. The Morgan fingerprint density at radius 2 is 2.00 bits per heavy atom. The van der Waals surface area contributed by atoms with Crippen molar-refractivity contribution < 1.29 is 22.7 Å². The van der Waals surface area contributed by atoms with E-state index in [9.17, 15) is 13.2 Å². The molecule has 9 heteroatoms. The third-order valence-electron chi connectivity index (χ3n) is 1.87. The Labute approximate surface area is 104 Å². The minimum Gasteiger partial charge on any atom is -0.495 e. The van der Waals surface area contributed by atoms with Crippen molar-refractivity contribution in [3.63, 3.8) is 0 Å². The number of carbonyl (C=O) groups is 1. The summed E-state index contributed by atoms with van der Waals surface area (Å²) >= 11 is 0. The van der Waals surface area contributed by atoms with Crippen LogP contribution in [0.2, 0.25) is 0 Å². The number of amides is 1. The van der Waals surface area contributed by atoms with Crippen molar-refractivity contribution >= 4 is 27.7 Å². The van der Waals surface area contributed by atoms with Gasteiger partial charge in [-0.3, -0.25) is 4.72 Å². The topological polar surface area (TPSA) is 120 Å². The second kappa shape index (κ2) is 5.45. The van der Waals surface area contributed by atoms with Gasteiger partial charge >= 0.3 is 16.3 Å². The summed E-state index contributed by atoms with van der Waals surface area (Å²) in [7, 11) is -1.69. The van der Waals surface area contributed by atoms with Gasteiger partial charge in [-0.1, -0.05) is 0 Å². The number of anilines is 2. The van der Waals surface area contributed by atoms with E-state index in [0.717, 1.165) is 7.11 Å². The summed E-state index contributed by atoms with van der Waals surface area (Å²) < 4.78 is 35.9. The van der Waals surface area contributed by atoms with Gasteiger partial charge in [-0.15, -0.1) is 0 Å². The molecule has 1 amide bonds. The molecular weight excluding hydrogens is 262 g/mol. The normalized spacial score (nSPS) is 10.6. The van der Waals surface area contributed by atoms with E-state index in [1.165, 1.54) is 19.2 Å². The Balaban J connectivity index is 2.96. The van der Waals surface area contributed by atoms with Crippen molar-refractivity contribution in [3.8, 4) is 5.75 Å². The molecule has 1 aromatic rings. The largest absolute Gasteiger partial charge is 0.495 e. The van der Waals surface area contributed by atoms with Crippen molar-refractivity contribution in [1.29, 1.82) is 0 Å². The second-order valence-electron chi connectivity index (χ2n) is 3.16. The van der Waals surface area contributed by atoms with Gasteiger partial charge in [0, 0.05) is 5.69 Å². The zero-order chi connectivity index (χ0) is 13.8. The summed E-state index contributed by atoms with van der Waals surface area (Å²) in [5, 5.41) is 0. The summed E-state index contributed by atoms with van der Waals surface area (Å²) in [5.41, 5.74) is 5.97. The SMILES string of the molecule is COC(=O)NS(=O)(=O)Nc1cc(N)ccc1OC. The van der Waals surface area contributed by atoms with E-state index < -0.39 is 16.3 Å². The van der Waals surface area contributed by atoms with Crippen LogP contribution < -0.4 is 19.9 Å². The first-order chi connectivity index (χ1) is 8.38. The molecule has 0 unspecified atom stereocenters. The molecule has 0 aliphatic rings. The molecule has 0 heterocycles. The molecule has 0 atom stereocenters. The molecule has 0 spiro atoms. The highest BCUT2D eigenvalue weighted by Crippen LogP contribution is 2.27. The van der Waals surface area contributed by atoms with Crippen molar-refractivity contribution in [2.24, 2.45) is 0 Å². The first-order valence-corrected chi connectivity index (χ1v) is 6.18. The Morgan fingerprint density at radius 1 is 1.33 bits per heavy atom. The van der Waals surface area contributed by atoms with E-state index in [4.69, 9.17) is 10.5 Å². The molecule has 0 saturated heterocycles. The first-order valence-electron chi connectivity index (χ1n) is 4.70. The molecule has 0 bridgehead atoms. The van der Waals surface area contributed by atoms with Crippen LogP contribution in [0.3, 0.4) is 0 Å². The minimum atomic E-state index is -4.11. The third kappa shape index (κ3) is 3.70. The number of hydrogen-bond acceptors (Lipinski definition) is 6. The average Bonchev–Trinajstić information content (AvgIpc) is 2.28. The molecule has 0 aromatic heterocycles. The molecule has 0 fully saturated rings. The van der Waals surface area contributed by atoms with Crippen LogP contribution in [-0.2, 0) is 14.9 Å². The Hall–Kier alpha value is -2.16. The summed E-state index contributed by atoms with van der Waals surface area (Å²) in [6.45, 7) is 0. The van der Waals surface area contributed by atoms with E-state index in [2.05, 4.69) is 9.46 Å². The monoisotopic (exact) mass is 275 g/mol. The van der Waals surface area contributed by atoms with E-state index in [1.807, 2.05) is 0 Å². The minimum absolute atomic E-state index is 0.105. The van der Waals surface area contributed by atoms with Crippen LogP contribution >= 0.6 is 0 Å². The van der Waals surface area contributed by atoms with E-state index in [1.54, 1.807) is 10.8 Å². The standard InChI is InChI=1S/C9H13N3O5S/c1-16-8-4-3-6(10)5-7(8)11-18(14,15)12-9(13)17-2/h3-5,11H,10H2,1-2H3,(H,12,13). The van der Waals surface area contributed by atoms with E-state index in [0.29, 0.717) is 5.69 Å². The molecule has 0 aliphatic heterocycles. The number of benzene rings is 1. The summed E-state index contributed by atoms with van der Waals surface area (Å²) in [4.78, 5) is 10.8. The Bertz CT molecular complexity index is 543. The number of carbonyl (C=O) groups excluding carboxylic acids is 1. The van der Waals surface area contributed by atoms with Gasteiger partial charge in [0.1, 0.15) is 5.75 Å². The highest BCUT2D eigenvalue weighted by atomic mass is 32.2. The molecule has 1 aromatic carbocycles. The van der Waals surface area contributed by atoms with Crippen LogP contribution in [0.1, 0.15) is 0 Å². The van der Waals surface area contributed by atoms with E-state index >= 15 is 0 Å². The zero-order valence-corrected chi connectivity index (χ0v) is 10.6. The van der Waals surface area contributed by atoms with Gasteiger partial charge in [0.15, 0.2) is 0 Å². The number of methoxy groups -OCH3 is 2. The Kier molecular flexibility index (Phi) is 4.21. The van der Waals surface area contributed by atoms with Gasteiger partial charge in [0.25, 0.3) is 0 Å². The molecule has 8 nitrogen and oxygen atoms in total. The van der Waals surface area contributed by atoms with Crippen molar-refractivity contribution in [1.82, 2.24) is 4.72 Å². The molecule has 18 heavy (non-hydrogen) atoms. The molecule has 100 valence electrons. The third-order valence-corrected chi connectivity index (χ3v) is 2.79. The number of rotatable bonds is 4. The van der Waals surface area contributed by atoms with Gasteiger partial charge in [0.05, 0.1) is 19.9 Å². The van der Waals surface area contributed by atoms with E-state index in [-0.39, 0.29) is 11.4 Å². The molecular formula is C9H13N3O5S. The van der Waals surface area contributed by atoms with Gasteiger partial charge < -0.3 is 15.2 Å². The highest BCUT2D eigenvalue weighted by molar-refractivity contribution is 7.91. The first kappa shape index (κ1) is 13.9. The second-order valence-corrected chi connectivity index (χ2v) is 4.57. The molecule has 4 N–H and O–H groups in total. The van der Waals surface area contributed by atoms with Crippen LogP contribution in [-0.4, -0.2) is 28.7 Å². The predicted octanol–water partition coefficient (Wildman–Crippen LogP) is 0.290. The summed E-state index contributed by atoms with van der Waals surface area (Å²) in [6, 6.07) is 4.39. The van der Waals surface area contributed by atoms with Gasteiger partial charge in [0.2, 0.25) is 0 Å². The number of hydrogen-bond donors (Lipinski definition) is 3. The fourth-order valence-electron chi connectivity index (χ4n) is 1.13. The molecule has 1 rings (SSSR count). The quantitative estimate of drug-likeness (QED) is 0.679. The molecule has 0 radical (unpaired) electrons. The molecule has 0 aliphatic carbocycles. The number of nitrogen functional groups attached to an aromatic ring is 1. The van der Waals surface area contributed by atoms with Crippen LogP contribution in [0, 0.1) is 0 Å². The average molecular weight is 275 g/mol. The number of ether oxygens (including phenoxy) is 2. The maximum atomic E-state index is 11.5. The summed E-state index contributed by atoms with van der Waals surface area (Å²) in [5.74, 6) is 0.263. The number of nitrogens with one attached hydrogen (secondary N) is 2. The van der Waals surface area contributed by atoms with Crippen LogP contribution in [0.25, 0.3) is 0 Å². The lowest BCUT2D eigenvalue weighted by atomic mass is 10.2. The number of nitrogens with two attached hydrogens (primary N) is 1. The van der Waals surface area contributed by atoms with Gasteiger partial charge in [-0.2, -0.15) is 8.42 Å². The zero-order valence-electron chi connectivity index (χ0n) is 9.76. The Morgan fingerprint density at radius 3 is 2.56 bits per heavy atom. The van der Waals surface area contributed by atoms with Gasteiger partial charge in [-0.05, 0) is 18.2 Å². The maximum Gasteiger partial charge on any atom is 0.422 e. The van der Waals surface area contributed by atoms with Crippen LogP contribution in [0.15, 0.2) is 18.2 Å². The summed E-state index contributed by atoms with van der Waals surface area (Å²) in [6.07, 6.45) is -1.11. The molecule has 0 saturated carbocycles. The van der Waals surface area contributed by atoms with Crippen molar-refractivity contribution in [2.45, 2.75) is 0 Å². The highest BCUT2D eigenvalue weighted by Gasteiger charge is 2.16. The van der Waals surface area contributed by atoms with Crippen LogP contribution in [0.4, 0.5) is 16.2 Å². The van der Waals surface area contributed by atoms with Gasteiger partial charge in [-0.25, -0.2) is 9.52 Å². The van der Waals surface area contributed by atoms with Crippen molar-refractivity contribution in [2.75, 3.05) is 24.7 Å². The van der Waals surface area contributed by atoms with Crippen LogP contribution in [0.5, 0.6) is 5.75 Å². The smallest absolute Gasteiger partial charge is 0.422 e. The lowest BCUT2D eigenvalue weighted by molar-refractivity contribution is 0.177. The lowest BCUT2D eigenvalue weighted by Gasteiger charge is -2.12. The lowest BCUT2D eigenvalue weighted by Crippen LogP contribution is -2.35. The van der Waals surface area contributed by atoms with Crippen molar-refractivity contribution in [3.05, 3.63) is 18.2 Å². The fraction of sp³-hybridized carbons (Fsp3) is 0.222. The fourth-order valence-corrected chi connectivity index (χ4v) is 1.93. The predicted molar refractivity (Wildman–Crippen MR) is 65.5 cm³/mol.